The minimum atomic E-state index is -0.194. The van der Waals surface area contributed by atoms with Crippen LogP contribution in [-0.2, 0) is 9.53 Å². The summed E-state index contributed by atoms with van der Waals surface area (Å²) in [5.41, 5.74) is 0. The summed E-state index contributed by atoms with van der Waals surface area (Å²) in [4.78, 5) is 18.1. The lowest BCUT2D eigenvalue weighted by atomic mass is 10.2. The van der Waals surface area contributed by atoms with Gasteiger partial charge in [-0.15, -0.1) is 11.3 Å². The molecule has 0 spiro atoms. The molecule has 1 unspecified atom stereocenters. The molecular weight excluding hydrogens is 272 g/mol. The van der Waals surface area contributed by atoms with E-state index in [-0.39, 0.29) is 12.0 Å². The molecule has 4 nitrogen and oxygen atoms in total. The molecule has 18 heavy (non-hydrogen) atoms. The van der Waals surface area contributed by atoms with Gasteiger partial charge in [-0.3, -0.25) is 9.69 Å². The second kappa shape index (κ2) is 7.71. The molecule has 0 aliphatic carbocycles. The molecule has 0 aliphatic heterocycles. The third-order valence-electron chi connectivity index (χ3n) is 2.70. The first-order valence-corrected chi connectivity index (χ1v) is 7.32. The van der Waals surface area contributed by atoms with E-state index in [0.717, 1.165) is 18.1 Å². The second-order valence-electron chi connectivity index (χ2n) is 3.75. The summed E-state index contributed by atoms with van der Waals surface area (Å²) in [5.74, 6) is -0.194. The van der Waals surface area contributed by atoms with Crippen LogP contribution in [0.4, 0.5) is 0 Å². The van der Waals surface area contributed by atoms with Gasteiger partial charge in [0.25, 0.3) is 0 Å². The SMILES string of the molecule is CCOC(=O)CC(c1ncc(Cl)s1)N(CC)CC. The zero-order chi connectivity index (χ0) is 13.5. The topological polar surface area (TPSA) is 42.4 Å². The Morgan fingerprint density at radius 2 is 2.17 bits per heavy atom. The summed E-state index contributed by atoms with van der Waals surface area (Å²) in [6, 6.07) is -0.0449. The van der Waals surface area contributed by atoms with Crippen molar-refractivity contribution in [3.8, 4) is 0 Å². The lowest BCUT2D eigenvalue weighted by Gasteiger charge is -2.27. The van der Waals surface area contributed by atoms with Crippen molar-refractivity contribution in [1.29, 1.82) is 0 Å². The first kappa shape index (κ1) is 15.4. The van der Waals surface area contributed by atoms with Gasteiger partial charge in [0.15, 0.2) is 0 Å². The Bertz CT molecular complexity index is 380. The molecule has 1 atom stereocenters. The first-order chi connectivity index (χ1) is 8.62. The van der Waals surface area contributed by atoms with Gasteiger partial charge in [0, 0.05) is 0 Å². The molecular formula is C12H19ClN2O2S. The minimum Gasteiger partial charge on any atom is -0.466 e. The van der Waals surface area contributed by atoms with Gasteiger partial charge in [-0.05, 0) is 20.0 Å². The van der Waals surface area contributed by atoms with Crippen molar-refractivity contribution in [3.05, 3.63) is 15.5 Å². The Kier molecular flexibility index (Phi) is 6.60. The van der Waals surface area contributed by atoms with Crippen LogP contribution in [0.25, 0.3) is 0 Å². The van der Waals surface area contributed by atoms with Crippen molar-refractivity contribution in [2.75, 3.05) is 19.7 Å². The van der Waals surface area contributed by atoms with E-state index >= 15 is 0 Å². The van der Waals surface area contributed by atoms with Crippen LogP contribution < -0.4 is 0 Å². The van der Waals surface area contributed by atoms with Crippen LogP contribution >= 0.6 is 22.9 Å². The van der Waals surface area contributed by atoms with Crippen LogP contribution in [0.15, 0.2) is 6.20 Å². The van der Waals surface area contributed by atoms with Crippen molar-refractivity contribution in [3.63, 3.8) is 0 Å². The maximum atomic E-state index is 11.7. The van der Waals surface area contributed by atoms with E-state index in [0.29, 0.717) is 17.4 Å². The Labute approximate surface area is 117 Å². The van der Waals surface area contributed by atoms with Crippen LogP contribution in [0.1, 0.15) is 38.2 Å². The Morgan fingerprint density at radius 1 is 1.50 bits per heavy atom. The van der Waals surface area contributed by atoms with Gasteiger partial charge in [-0.1, -0.05) is 25.4 Å². The highest BCUT2D eigenvalue weighted by atomic mass is 35.5. The zero-order valence-electron chi connectivity index (χ0n) is 11.0. The van der Waals surface area contributed by atoms with Gasteiger partial charge in [-0.25, -0.2) is 4.98 Å². The second-order valence-corrected chi connectivity index (χ2v) is 5.44. The van der Waals surface area contributed by atoms with Gasteiger partial charge >= 0.3 is 5.97 Å². The van der Waals surface area contributed by atoms with E-state index in [9.17, 15) is 4.79 Å². The summed E-state index contributed by atoms with van der Waals surface area (Å²) in [6.07, 6.45) is 1.95. The van der Waals surface area contributed by atoms with Gasteiger partial charge in [0.1, 0.15) is 9.34 Å². The molecule has 0 radical (unpaired) electrons. The molecule has 0 amide bonds. The van der Waals surface area contributed by atoms with Crippen molar-refractivity contribution in [2.45, 2.75) is 33.2 Å². The Morgan fingerprint density at radius 3 is 2.61 bits per heavy atom. The summed E-state index contributed by atoms with van der Waals surface area (Å²) < 4.78 is 5.66. The molecule has 6 heteroatoms. The van der Waals surface area contributed by atoms with Crippen LogP contribution in [0.5, 0.6) is 0 Å². The van der Waals surface area contributed by atoms with Gasteiger partial charge in [-0.2, -0.15) is 0 Å². The fourth-order valence-corrected chi connectivity index (χ4v) is 2.90. The van der Waals surface area contributed by atoms with E-state index in [2.05, 4.69) is 23.7 Å². The number of hydrogen-bond donors (Lipinski definition) is 0. The van der Waals surface area contributed by atoms with E-state index in [1.54, 1.807) is 6.20 Å². The van der Waals surface area contributed by atoms with E-state index < -0.39 is 0 Å². The summed E-state index contributed by atoms with van der Waals surface area (Å²) in [7, 11) is 0. The number of rotatable bonds is 7. The quantitative estimate of drug-likeness (QED) is 0.724. The van der Waals surface area contributed by atoms with Crippen molar-refractivity contribution in [1.82, 2.24) is 9.88 Å². The van der Waals surface area contributed by atoms with Crippen molar-refractivity contribution in [2.24, 2.45) is 0 Å². The fraction of sp³-hybridized carbons (Fsp3) is 0.667. The van der Waals surface area contributed by atoms with Crippen LogP contribution in [0, 0.1) is 0 Å². The molecule has 0 saturated heterocycles. The highest BCUT2D eigenvalue weighted by Gasteiger charge is 2.24. The molecule has 0 bridgehead atoms. The van der Waals surface area contributed by atoms with Crippen molar-refractivity contribution < 1.29 is 9.53 Å². The highest BCUT2D eigenvalue weighted by molar-refractivity contribution is 7.15. The number of carbonyl (C=O) groups excluding carboxylic acids is 1. The summed E-state index contributed by atoms with van der Waals surface area (Å²) in [5, 5.41) is 0.872. The average Bonchev–Trinajstić information content (AvgIpc) is 2.76. The number of esters is 1. The molecule has 0 fully saturated rings. The summed E-state index contributed by atoms with van der Waals surface area (Å²) in [6.45, 7) is 8.07. The van der Waals surface area contributed by atoms with E-state index in [1.807, 2.05) is 6.92 Å². The van der Waals surface area contributed by atoms with Gasteiger partial charge in [0.05, 0.1) is 25.3 Å². The smallest absolute Gasteiger partial charge is 0.307 e. The number of halogens is 1. The van der Waals surface area contributed by atoms with Gasteiger partial charge in [0.2, 0.25) is 0 Å². The standard InChI is InChI=1S/C12H19ClN2O2S/c1-4-15(5-2)9(7-11(16)17-6-3)12-14-8-10(13)18-12/h8-9H,4-7H2,1-3H3. The number of hydrogen-bond acceptors (Lipinski definition) is 5. The normalized spacial score (nSPS) is 12.7. The number of thiazole rings is 1. The number of ether oxygens (including phenoxy) is 1. The third kappa shape index (κ3) is 4.23. The number of aromatic nitrogens is 1. The Hall–Kier alpha value is -0.650. The van der Waals surface area contributed by atoms with Crippen LogP contribution in [-0.4, -0.2) is 35.5 Å². The molecule has 1 rings (SSSR count). The fourth-order valence-electron chi connectivity index (χ4n) is 1.84. The number of carbonyl (C=O) groups is 1. The maximum absolute atomic E-state index is 11.7. The number of nitrogens with zero attached hydrogens (tertiary/aromatic N) is 2. The minimum absolute atomic E-state index is 0.0449. The monoisotopic (exact) mass is 290 g/mol. The lowest BCUT2D eigenvalue weighted by Crippen LogP contribution is -2.30. The first-order valence-electron chi connectivity index (χ1n) is 6.13. The molecule has 0 aliphatic rings. The Balaban J connectivity index is 2.84. The predicted octanol–water partition coefficient (Wildman–Crippen LogP) is 3.13. The predicted molar refractivity (Wildman–Crippen MR) is 74.0 cm³/mol. The van der Waals surface area contributed by atoms with Crippen LogP contribution in [0.3, 0.4) is 0 Å². The van der Waals surface area contributed by atoms with E-state index in [4.69, 9.17) is 16.3 Å². The largest absolute Gasteiger partial charge is 0.466 e. The maximum Gasteiger partial charge on any atom is 0.307 e. The highest BCUT2D eigenvalue weighted by Crippen LogP contribution is 2.30. The molecule has 0 saturated carbocycles. The molecule has 102 valence electrons. The third-order valence-corrected chi connectivity index (χ3v) is 3.91. The zero-order valence-corrected chi connectivity index (χ0v) is 12.6. The van der Waals surface area contributed by atoms with Crippen molar-refractivity contribution >= 4 is 28.9 Å². The molecule has 1 aromatic heterocycles. The van der Waals surface area contributed by atoms with Gasteiger partial charge < -0.3 is 4.74 Å². The van der Waals surface area contributed by atoms with E-state index in [1.165, 1.54) is 11.3 Å². The molecule has 0 aromatic carbocycles. The summed E-state index contributed by atoms with van der Waals surface area (Å²) >= 11 is 7.33. The lowest BCUT2D eigenvalue weighted by molar-refractivity contribution is -0.144. The molecule has 0 N–H and O–H groups in total. The van der Waals surface area contributed by atoms with Crippen LogP contribution in [0.2, 0.25) is 4.34 Å². The molecule has 1 aromatic rings. The molecule has 1 heterocycles. The average molecular weight is 291 g/mol.